The second-order valence-electron chi connectivity index (χ2n) is 9.57. The minimum atomic E-state index is 0.0441. The van der Waals surface area contributed by atoms with Crippen LogP contribution in [0.2, 0.25) is 0 Å². The van der Waals surface area contributed by atoms with Crippen LogP contribution in [0.25, 0.3) is 5.65 Å². The predicted octanol–water partition coefficient (Wildman–Crippen LogP) is 2.05. The number of fused-ring (bicyclic) bond motifs is 1. The summed E-state index contributed by atoms with van der Waals surface area (Å²) in [6.07, 6.45) is 8.70. The first-order valence-corrected chi connectivity index (χ1v) is 12.9. The molecule has 1 saturated heterocycles. The Morgan fingerprint density at radius 1 is 1.13 bits per heavy atom. The van der Waals surface area contributed by atoms with E-state index in [2.05, 4.69) is 30.3 Å². The van der Waals surface area contributed by atoms with E-state index in [1.165, 1.54) is 6.33 Å². The fourth-order valence-corrected chi connectivity index (χ4v) is 4.85. The van der Waals surface area contributed by atoms with Gasteiger partial charge in [-0.1, -0.05) is 0 Å². The van der Waals surface area contributed by atoms with Crippen LogP contribution in [0.1, 0.15) is 31.4 Å². The lowest BCUT2D eigenvalue weighted by Crippen LogP contribution is -2.37. The van der Waals surface area contributed by atoms with E-state index in [0.717, 1.165) is 61.7 Å². The van der Waals surface area contributed by atoms with Gasteiger partial charge in [0.05, 0.1) is 25.1 Å². The van der Waals surface area contributed by atoms with Gasteiger partial charge in [-0.3, -0.25) is 0 Å². The van der Waals surface area contributed by atoms with Gasteiger partial charge in [0.1, 0.15) is 24.9 Å². The van der Waals surface area contributed by atoms with Crippen molar-refractivity contribution in [1.29, 1.82) is 0 Å². The molecule has 0 radical (unpaired) electrons. The third-order valence-electron chi connectivity index (χ3n) is 7.11. The molecule has 0 amide bonds. The van der Waals surface area contributed by atoms with Gasteiger partial charge >= 0.3 is 6.01 Å². The Bertz CT molecular complexity index is 1370. The van der Waals surface area contributed by atoms with Crippen molar-refractivity contribution in [2.24, 2.45) is 7.05 Å². The van der Waals surface area contributed by atoms with E-state index in [0.29, 0.717) is 37.5 Å². The topological polar surface area (TPSA) is 143 Å². The summed E-state index contributed by atoms with van der Waals surface area (Å²) in [6, 6.07) is 6.47. The molecule has 2 fully saturated rings. The normalized spacial score (nSPS) is 20.0. The number of nitrogens with two attached hydrogens (primary N) is 1. The fourth-order valence-electron chi connectivity index (χ4n) is 4.85. The van der Waals surface area contributed by atoms with Crippen LogP contribution in [0.5, 0.6) is 11.8 Å². The van der Waals surface area contributed by atoms with E-state index in [1.807, 2.05) is 29.8 Å². The molecule has 0 bridgehead atoms. The van der Waals surface area contributed by atoms with Crippen molar-refractivity contribution in [2.45, 2.75) is 44.4 Å². The van der Waals surface area contributed by atoms with Gasteiger partial charge < -0.3 is 34.7 Å². The SMILES string of the molecule is Cn1c(COc2cccnc2N[C@H]2CC[C@@H](Oc3nc(N4CCOCC4)cc4ncnn34)CC2)cnc1N. The third kappa shape index (κ3) is 5.14. The van der Waals surface area contributed by atoms with Crippen molar-refractivity contribution in [2.75, 3.05) is 42.3 Å². The predicted molar refractivity (Wildman–Crippen MR) is 140 cm³/mol. The third-order valence-corrected chi connectivity index (χ3v) is 7.11. The molecule has 200 valence electrons. The Hall–Kier alpha value is -4.13. The molecule has 2 aliphatic rings. The average molecular weight is 521 g/mol. The highest BCUT2D eigenvalue weighted by molar-refractivity contribution is 5.52. The molecular formula is C25H32N10O3. The summed E-state index contributed by atoms with van der Waals surface area (Å²) in [7, 11) is 1.87. The zero-order valence-electron chi connectivity index (χ0n) is 21.4. The minimum Gasteiger partial charge on any atom is -0.483 e. The van der Waals surface area contributed by atoms with E-state index in [4.69, 9.17) is 24.9 Å². The summed E-state index contributed by atoms with van der Waals surface area (Å²) in [4.78, 5) is 20.0. The summed E-state index contributed by atoms with van der Waals surface area (Å²) in [5.41, 5.74) is 7.45. The molecule has 1 aliphatic carbocycles. The minimum absolute atomic E-state index is 0.0441. The van der Waals surface area contributed by atoms with Gasteiger partial charge in [0.15, 0.2) is 23.2 Å². The molecule has 6 rings (SSSR count). The van der Waals surface area contributed by atoms with Crippen molar-refractivity contribution >= 4 is 23.2 Å². The fraction of sp³-hybridized carbons (Fsp3) is 0.480. The molecule has 1 saturated carbocycles. The van der Waals surface area contributed by atoms with Crippen LogP contribution in [0.3, 0.4) is 0 Å². The van der Waals surface area contributed by atoms with Gasteiger partial charge in [0.25, 0.3) is 0 Å². The van der Waals surface area contributed by atoms with Crippen molar-refractivity contribution < 1.29 is 14.2 Å². The number of anilines is 3. The molecule has 0 aromatic carbocycles. The average Bonchev–Trinajstić information content (AvgIpc) is 3.56. The highest BCUT2D eigenvalue weighted by Gasteiger charge is 2.26. The van der Waals surface area contributed by atoms with E-state index in [9.17, 15) is 0 Å². The molecular weight excluding hydrogens is 488 g/mol. The molecule has 4 aromatic rings. The summed E-state index contributed by atoms with van der Waals surface area (Å²) >= 11 is 0. The lowest BCUT2D eigenvalue weighted by molar-refractivity contribution is 0.121. The molecule has 3 N–H and O–H groups in total. The standard InChI is InChI=1S/C25H32N10O3/c1-33-18(14-28-24(33)26)15-37-20-3-2-8-27-23(20)31-17-4-6-19(7-5-17)38-25-32-22(34-9-11-36-12-10-34)13-21-29-16-30-35(21)25/h2-3,8,13-14,16-17,19H,4-7,9-12,15H2,1H3,(H2,26,28)(H,27,31)/t17-,19+. The van der Waals surface area contributed by atoms with E-state index in [1.54, 1.807) is 16.9 Å². The van der Waals surface area contributed by atoms with Crippen LogP contribution in [-0.4, -0.2) is 72.6 Å². The zero-order valence-corrected chi connectivity index (χ0v) is 21.4. The smallest absolute Gasteiger partial charge is 0.321 e. The van der Waals surface area contributed by atoms with Crippen molar-refractivity contribution in [3.63, 3.8) is 0 Å². The summed E-state index contributed by atoms with van der Waals surface area (Å²) in [5, 5.41) is 7.89. The number of rotatable bonds is 8. The quantitative estimate of drug-likeness (QED) is 0.352. The van der Waals surface area contributed by atoms with Gasteiger partial charge in [-0.25, -0.2) is 15.0 Å². The molecule has 0 spiro atoms. The van der Waals surface area contributed by atoms with Crippen LogP contribution in [0.4, 0.5) is 17.6 Å². The highest BCUT2D eigenvalue weighted by Crippen LogP contribution is 2.29. The molecule has 1 aliphatic heterocycles. The van der Waals surface area contributed by atoms with Crippen LogP contribution < -0.4 is 25.4 Å². The maximum atomic E-state index is 6.39. The molecule has 5 heterocycles. The van der Waals surface area contributed by atoms with Crippen LogP contribution in [0, 0.1) is 0 Å². The number of ether oxygens (including phenoxy) is 3. The number of nitrogens with one attached hydrogen (secondary N) is 1. The molecule has 13 nitrogen and oxygen atoms in total. The van der Waals surface area contributed by atoms with E-state index < -0.39 is 0 Å². The van der Waals surface area contributed by atoms with Gasteiger partial charge in [-0.2, -0.15) is 14.6 Å². The Morgan fingerprint density at radius 3 is 2.76 bits per heavy atom. The van der Waals surface area contributed by atoms with Crippen molar-refractivity contribution in [3.8, 4) is 11.8 Å². The van der Waals surface area contributed by atoms with Gasteiger partial charge in [-0.15, -0.1) is 0 Å². The number of nitrogen functional groups attached to an aromatic ring is 1. The molecule has 0 unspecified atom stereocenters. The lowest BCUT2D eigenvalue weighted by Gasteiger charge is -2.30. The number of pyridine rings is 1. The van der Waals surface area contributed by atoms with E-state index >= 15 is 0 Å². The number of nitrogens with zero attached hydrogens (tertiary/aromatic N) is 8. The molecule has 4 aromatic heterocycles. The Labute approximate surface area is 220 Å². The first-order chi connectivity index (χ1) is 18.6. The highest BCUT2D eigenvalue weighted by atomic mass is 16.5. The Kier molecular flexibility index (Phi) is 6.82. The largest absolute Gasteiger partial charge is 0.483 e. The van der Waals surface area contributed by atoms with Gasteiger partial charge in [-0.05, 0) is 37.8 Å². The molecule has 38 heavy (non-hydrogen) atoms. The van der Waals surface area contributed by atoms with Crippen LogP contribution in [-0.2, 0) is 18.4 Å². The zero-order chi connectivity index (χ0) is 25.9. The number of hydrogen-bond acceptors (Lipinski definition) is 11. The Balaban J connectivity index is 1.07. The van der Waals surface area contributed by atoms with Crippen molar-refractivity contribution in [1.82, 2.24) is 34.1 Å². The van der Waals surface area contributed by atoms with Crippen LogP contribution in [0.15, 0.2) is 36.9 Å². The Morgan fingerprint density at radius 2 is 1.97 bits per heavy atom. The number of aromatic nitrogens is 7. The second kappa shape index (κ2) is 10.7. The molecule has 0 atom stereocenters. The number of hydrogen-bond donors (Lipinski definition) is 2. The number of imidazole rings is 1. The first kappa shape index (κ1) is 24.2. The summed E-state index contributed by atoms with van der Waals surface area (Å²) in [5.74, 6) is 2.73. The first-order valence-electron chi connectivity index (χ1n) is 12.9. The second-order valence-corrected chi connectivity index (χ2v) is 9.57. The monoisotopic (exact) mass is 520 g/mol. The van der Waals surface area contributed by atoms with Gasteiger partial charge in [0, 0.05) is 38.4 Å². The molecule has 13 heteroatoms. The summed E-state index contributed by atoms with van der Waals surface area (Å²) in [6.45, 7) is 3.32. The lowest BCUT2D eigenvalue weighted by atomic mass is 9.93. The van der Waals surface area contributed by atoms with Gasteiger partial charge in [0.2, 0.25) is 0 Å². The van der Waals surface area contributed by atoms with Crippen LogP contribution >= 0.6 is 0 Å². The summed E-state index contributed by atoms with van der Waals surface area (Å²) < 4.78 is 21.4. The number of morpholine rings is 1. The van der Waals surface area contributed by atoms with Crippen molar-refractivity contribution in [3.05, 3.63) is 42.6 Å². The van der Waals surface area contributed by atoms with E-state index in [-0.39, 0.29) is 12.1 Å². The maximum absolute atomic E-state index is 6.39. The maximum Gasteiger partial charge on any atom is 0.321 e.